The number of carboxylic acid groups (broad SMARTS) is 1. The number of carboxylic acids is 1. The van der Waals surface area contributed by atoms with Gasteiger partial charge in [-0.1, -0.05) is 23.7 Å². The van der Waals surface area contributed by atoms with Crippen LogP contribution in [0.15, 0.2) is 24.3 Å². The largest absolute Gasteiger partial charge is 0.480 e. The Morgan fingerprint density at radius 3 is 2.67 bits per heavy atom. The summed E-state index contributed by atoms with van der Waals surface area (Å²) in [4.78, 5) is 22.9. The van der Waals surface area contributed by atoms with Gasteiger partial charge in [-0.15, -0.1) is 0 Å². The molecule has 1 aromatic rings. The summed E-state index contributed by atoms with van der Waals surface area (Å²) >= 11 is 7.44. The molecule has 7 heteroatoms. The van der Waals surface area contributed by atoms with Gasteiger partial charge in [0.2, 0.25) is 0 Å². The van der Waals surface area contributed by atoms with Crippen molar-refractivity contribution in [3.63, 3.8) is 0 Å². The Hall–Kier alpha value is -1.40. The van der Waals surface area contributed by atoms with E-state index >= 15 is 0 Å². The summed E-state index contributed by atoms with van der Waals surface area (Å²) in [5.41, 5.74) is 0.855. The third-order valence-electron chi connectivity index (χ3n) is 2.91. The van der Waals surface area contributed by atoms with Crippen LogP contribution in [0.5, 0.6) is 0 Å². The molecular weight excluding hydrogens is 312 g/mol. The number of carbonyl (C=O) groups excluding carboxylic acids is 1. The van der Waals surface area contributed by atoms with Gasteiger partial charge in [0.15, 0.2) is 0 Å². The number of rotatable bonds is 7. The van der Waals surface area contributed by atoms with Crippen LogP contribution in [0.3, 0.4) is 0 Å². The molecule has 2 amide bonds. The summed E-state index contributed by atoms with van der Waals surface area (Å²) in [6.07, 6.45) is 2.27. The molecule has 1 rings (SSSR count). The lowest BCUT2D eigenvalue weighted by molar-refractivity contribution is -0.139. The standard InChI is InChI=1S/C14H19ClN2O3S/c1-9(10-4-3-5-11(15)8-10)16-14(20)17-12(13(18)19)6-7-21-2/h3-5,8-9,12H,6-7H2,1-2H3,(H,18,19)(H2,16,17,20)/t9?,12-/m1/s1. The monoisotopic (exact) mass is 330 g/mol. The van der Waals surface area contributed by atoms with Crippen molar-refractivity contribution in [3.05, 3.63) is 34.9 Å². The number of amides is 2. The maximum atomic E-state index is 11.9. The molecule has 0 spiro atoms. The summed E-state index contributed by atoms with van der Waals surface area (Å²) in [7, 11) is 0. The number of carbonyl (C=O) groups is 2. The third kappa shape index (κ3) is 6.27. The zero-order valence-corrected chi connectivity index (χ0v) is 13.5. The minimum absolute atomic E-state index is 0.265. The van der Waals surface area contributed by atoms with Gasteiger partial charge in [-0.05, 0) is 43.0 Å². The molecule has 0 aliphatic carbocycles. The Balaban J connectivity index is 2.57. The van der Waals surface area contributed by atoms with Crippen LogP contribution in [0.25, 0.3) is 0 Å². The van der Waals surface area contributed by atoms with Gasteiger partial charge in [0.25, 0.3) is 0 Å². The highest BCUT2D eigenvalue weighted by Gasteiger charge is 2.20. The van der Waals surface area contributed by atoms with E-state index in [0.717, 1.165) is 5.56 Å². The average molecular weight is 331 g/mol. The lowest BCUT2D eigenvalue weighted by Gasteiger charge is -2.18. The first kappa shape index (κ1) is 17.7. The number of hydrogen-bond acceptors (Lipinski definition) is 3. The summed E-state index contributed by atoms with van der Waals surface area (Å²) < 4.78 is 0. The molecule has 0 aliphatic rings. The fourth-order valence-corrected chi connectivity index (χ4v) is 2.42. The fraction of sp³-hybridized carbons (Fsp3) is 0.429. The van der Waals surface area contributed by atoms with Crippen molar-refractivity contribution in [2.24, 2.45) is 0 Å². The maximum Gasteiger partial charge on any atom is 0.326 e. The van der Waals surface area contributed by atoms with E-state index < -0.39 is 18.0 Å². The van der Waals surface area contributed by atoms with Crippen LogP contribution in [0, 0.1) is 0 Å². The zero-order valence-electron chi connectivity index (χ0n) is 11.9. The molecule has 116 valence electrons. The summed E-state index contributed by atoms with van der Waals surface area (Å²) in [6.45, 7) is 1.81. The second-order valence-corrected chi connectivity index (χ2v) is 5.99. The Morgan fingerprint density at radius 2 is 2.10 bits per heavy atom. The molecular formula is C14H19ClN2O3S. The lowest BCUT2D eigenvalue weighted by Crippen LogP contribution is -2.46. The molecule has 21 heavy (non-hydrogen) atoms. The quantitative estimate of drug-likeness (QED) is 0.718. The minimum atomic E-state index is -1.03. The number of benzene rings is 1. The van der Waals surface area contributed by atoms with Crippen molar-refractivity contribution < 1.29 is 14.7 Å². The SMILES string of the molecule is CSCC[C@@H](NC(=O)NC(C)c1cccc(Cl)c1)C(=O)O. The van der Waals surface area contributed by atoms with Crippen LogP contribution in [-0.2, 0) is 4.79 Å². The first-order chi connectivity index (χ1) is 9.93. The maximum absolute atomic E-state index is 11.9. The normalized spacial score (nSPS) is 13.3. The van der Waals surface area contributed by atoms with Crippen LogP contribution in [0.4, 0.5) is 4.79 Å². The highest BCUT2D eigenvalue weighted by Crippen LogP contribution is 2.17. The van der Waals surface area contributed by atoms with Crippen LogP contribution < -0.4 is 10.6 Å². The fourth-order valence-electron chi connectivity index (χ4n) is 1.75. The number of aliphatic carboxylic acids is 1. The van der Waals surface area contributed by atoms with Gasteiger partial charge in [0.05, 0.1) is 6.04 Å². The third-order valence-corrected chi connectivity index (χ3v) is 3.79. The molecule has 2 atom stereocenters. The van der Waals surface area contributed by atoms with E-state index in [4.69, 9.17) is 16.7 Å². The van der Waals surface area contributed by atoms with E-state index in [2.05, 4.69) is 10.6 Å². The molecule has 3 N–H and O–H groups in total. The molecule has 0 radical (unpaired) electrons. The average Bonchev–Trinajstić information content (AvgIpc) is 2.43. The van der Waals surface area contributed by atoms with Gasteiger partial charge in [0, 0.05) is 5.02 Å². The van der Waals surface area contributed by atoms with Crippen molar-refractivity contribution in [3.8, 4) is 0 Å². The molecule has 0 heterocycles. The van der Waals surface area contributed by atoms with E-state index in [1.807, 2.05) is 19.2 Å². The van der Waals surface area contributed by atoms with Gasteiger partial charge < -0.3 is 15.7 Å². The van der Waals surface area contributed by atoms with Gasteiger partial charge in [-0.2, -0.15) is 11.8 Å². The lowest BCUT2D eigenvalue weighted by atomic mass is 10.1. The van der Waals surface area contributed by atoms with Gasteiger partial charge in [0.1, 0.15) is 6.04 Å². The van der Waals surface area contributed by atoms with Crippen LogP contribution in [0.2, 0.25) is 5.02 Å². The highest BCUT2D eigenvalue weighted by atomic mass is 35.5. The second kappa shape index (κ2) is 8.79. The van der Waals surface area contributed by atoms with E-state index in [-0.39, 0.29) is 6.04 Å². The highest BCUT2D eigenvalue weighted by molar-refractivity contribution is 7.98. The summed E-state index contributed by atoms with van der Waals surface area (Å²) in [5.74, 6) is -0.365. The number of hydrogen-bond donors (Lipinski definition) is 3. The molecule has 1 unspecified atom stereocenters. The van der Waals surface area contributed by atoms with Crippen LogP contribution in [0.1, 0.15) is 24.9 Å². The summed E-state index contributed by atoms with van der Waals surface area (Å²) in [5, 5.41) is 14.8. The molecule has 0 saturated heterocycles. The smallest absolute Gasteiger partial charge is 0.326 e. The molecule has 5 nitrogen and oxygen atoms in total. The molecule has 0 bridgehead atoms. The van der Waals surface area contributed by atoms with Crippen molar-refractivity contribution in [2.75, 3.05) is 12.0 Å². The minimum Gasteiger partial charge on any atom is -0.480 e. The molecule has 0 fully saturated rings. The van der Waals surface area contributed by atoms with Crippen LogP contribution >= 0.6 is 23.4 Å². The van der Waals surface area contributed by atoms with Crippen molar-refractivity contribution in [2.45, 2.75) is 25.4 Å². The number of thioether (sulfide) groups is 1. The van der Waals surface area contributed by atoms with Gasteiger partial charge in [-0.3, -0.25) is 0 Å². The molecule has 1 aromatic carbocycles. The van der Waals surface area contributed by atoms with Gasteiger partial charge >= 0.3 is 12.0 Å². The first-order valence-electron chi connectivity index (χ1n) is 6.48. The van der Waals surface area contributed by atoms with E-state index in [0.29, 0.717) is 17.2 Å². The Kier molecular flexibility index (Phi) is 7.39. The molecule has 0 aliphatic heterocycles. The predicted octanol–water partition coefficient (Wildman–Crippen LogP) is 2.91. The van der Waals surface area contributed by atoms with Crippen molar-refractivity contribution >= 4 is 35.4 Å². The molecule has 0 aromatic heterocycles. The zero-order chi connectivity index (χ0) is 15.8. The second-order valence-electron chi connectivity index (χ2n) is 4.57. The predicted molar refractivity (Wildman–Crippen MR) is 86.0 cm³/mol. The topological polar surface area (TPSA) is 78.4 Å². The van der Waals surface area contributed by atoms with Crippen molar-refractivity contribution in [1.82, 2.24) is 10.6 Å². The summed E-state index contributed by atoms with van der Waals surface area (Å²) in [6, 6.07) is 5.50. The Morgan fingerprint density at radius 1 is 1.38 bits per heavy atom. The van der Waals surface area contributed by atoms with Crippen LogP contribution in [-0.4, -0.2) is 35.2 Å². The van der Waals surface area contributed by atoms with E-state index in [1.165, 1.54) is 11.8 Å². The Labute approximate surface area is 133 Å². The molecule has 0 saturated carbocycles. The van der Waals surface area contributed by atoms with E-state index in [1.54, 1.807) is 18.2 Å². The number of nitrogens with one attached hydrogen (secondary N) is 2. The number of urea groups is 1. The Bertz CT molecular complexity index is 499. The first-order valence-corrected chi connectivity index (χ1v) is 8.25. The number of halogens is 1. The van der Waals surface area contributed by atoms with E-state index in [9.17, 15) is 9.59 Å². The van der Waals surface area contributed by atoms with Crippen molar-refractivity contribution in [1.29, 1.82) is 0 Å². The van der Waals surface area contributed by atoms with Gasteiger partial charge in [-0.25, -0.2) is 9.59 Å².